The first-order chi connectivity index (χ1) is 8.89. The van der Waals surface area contributed by atoms with Crippen LogP contribution < -0.4 is 5.32 Å². The van der Waals surface area contributed by atoms with E-state index >= 15 is 0 Å². The molecule has 0 radical (unpaired) electrons. The summed E-state index contributed by atoms with van der Waals surface area (Å²) in [6.07, 6.45) is 8.46. The lowest BCUT2D eigenvalue weighted by atomic mass is 9.86. The molecule has 1 aliphatic heterocycles. The molecule has 1 N–H and O–H groups in total. The number of nitrogens with one attached hydrogen (secondary N) is 1. The smallest absolute Gasteiger partial charge is 0.220 e. The molecular formula is C14H25NO3S. The highest BCUT2D eigenvalue weighted by Gasteiger charge is 2.39. The van der Waals surface area contributed by atoms with Crippen LogP contribution in [0, 0.1) is 5.92 Å². The summed E-state index contributed by atoms with van der Waals surface area (Å²) >= 11 is 0. The van der Waals surface area contributed by atoms with E-state index in [9.17, 15) is 13.2 Å². The van der Waals surface area contributed by atoms with Gasteiger partial charge in [-0.05, 0) is 25.7 Å². The third-order valence-corrected chi connectivity index (χ3v) is 6.35. The first-order valence-electron chi connectivity index (χ1n) is 7.40. The zero-order valence-electron chi connectivity index (χ0n) is 11.8. The summed E-state index contributed by atoms with van der Waals surface area (Å²) in [5.41, 5.74) is -0.539. The average Bonchev–Trinajstić information content (AvgIpc) is 2.62. The zero-order chi connectivity index (χ0) is 13.9. The van der Waals surface area contributed by atoms with Gasteiger partial charge in [-0.2, -0.15) is 0 Å². The van der Waals surface area contributed by atoms with E-state index in [1.54, 1.807) is 0 Å². The van der Waals surface area contributed by atoms with Gasteiger partial charge in [-0.15, -0.1) is 0 Å². The predicted octanol–water partition coefficient (Wildman–Crippen LogP) is 2.04. The molecule has 0 aromatic carbocycles. The second-order valence-corrected chi connectivity index (χ2v) is 8.68. The molecule has 0 spiro atoms. The molecule has 19 heavy (non-hydrogen) atoms. The molecule has 1 amide bonds. The van der Waals surface area contributed by atoms with E-state index in [-0.39, 0.29) is 17.4 Å². The second-order valence-electron chi connectivity index (χ2n) is 6.49. The van der Waals surface area contributed by atoms with Crippen molar-refractivity contribution in [2.45, 2.75) is 63.8 Å². The number of rotatable bonds is 4. The predicted molar refractivity (Wildman–Crippen MR) is 75.6 cm³/mol. The second kappa shape index (κ2) is 5.81. The molecule has 2 aliphatic rings. The molecule has 110 valence electrons. The summed E-state index contributed by atoms with van der Waals surface area (Å²) in [6, 6.07) is 0. The molecular weight excluding hydrogens is 262 g/mol. The van der Waals surface area contributed by atoms with Crippen molar-refractivity contribution in [3.63, 3.8) is 0 Å². The molecule has 1 saturated heterocycles. The lowest BCUT2D eigenvalue weighted by Crippen LogP contribution is -2.46. The molecule has 2 rings (SSSR count). The number of sulfone groups is 1. The van der Waals surface area contributed by atoms with Crippen molar-refractivity contribution >= 4 is 15.7 Å². The van der Waals surface area contributed by atoms with Gasteiger partial charge in [-0.1, -0.05) is 32.1 Å². The van der Waals surface area contributed by atoms with E-state index in [0.29, 0.717) is 18.8 Å². The van der Waals surface area contributed by atoms with Gasteiger partial charge in [-0.3, -0.25) is 4.79 Å². The minimum absolute atomic E-state index is 0.0187. The Balaban J connectivity index is 1.75. The van der Waals surface area contributed by atoms with Crippen LogP contribution in [0.1, 0.15) is 58.3 Å². The Morgan fingerprint density at radius 2 is 1.95 bits per heavy atom. The highest BCUT2D eigenvalue weighted by Crippen LogP contribution is 2.28. The lowest BCUT2D eigenvalue weighted by Gasteiger charge is -2.25. The molecule has 4 nitrogen and oxygen atoms in total. The molecule has 1 unspecified atom stereocenters. The molecule has 2 fully saturated rings. The summed E-state index contributed by atoms with van der Waals surface area (Å²) in [5, 5.41) is 2.93. The number of hydrogen-bond acceptors (Lipinski definition) is 3. The van der Waals surface area contributed by atoms with Gasteiger partial charge in [0.15, 0.2) is 9.84 Å². The third-order valence-electron chi connectivity index (χ3n) is 4.45. The highest BCUT2D eigenvalue weighted by atomic mass is 32.2. The van der Waals surface area contributed by atoms with Crippen molar-refractivity contribution in [3.8, 4) is 0 Å². The highest BCUT2D eigenvalue weighted by molar-refractivity contribution is 7.91. The van der Waals surface area contributed by atoms with Gasteiger partial charge in [-0.25, -0.2) is 8.42 Å². The monoisotopic (exact) mass is 287 g/mol. The van der Waals surface area contributed by atoms with Crippen LogP contribution in [0.3, 0.4) is 0 Å². The van der Waals surface area contributed by atoms with Gasteiger partial charge < -0.3 is 5.32 Å². The minimum atomic E-state index is -2.95. The topological polar surface area (TPSA) is 63.2 Å². The van der Waals surface area contributed by atoms with Crippen molar-refractivity contribution in [1.29, 1.82) is 0 Å². The molecule has 0 aromatic rings. The number of carbonyl (C=O) groups excluding carboxylic acids is 1. The van der Waals surface area contributed by atoms with Crippen molar-refractivity contribution in [2.75, 3.05) is 11.5 Å². The summed E-state index contributed by atoms with van der Waals surface area (Å²) in [6.45, 7) is 1.84. The Morgan fingerprint density at radius 1 is 1.26 bits per heavy atom. The largest absolute Gasteiger partial charge is 0.350 e. The van der Waals surface area contributed by atoms with Crippen molar-refractivity contribution in [3.05, 3.63) is 0 Å². The normalized spacial score (nSPS) is 31.2. The molecule has 0 aromatic heterocycles. The van der Waals surface area contributed by atoms with E-state index in [2.05, 4.69) is 5.32 Å². The van der Waals surface area contributed by atoms with E-state index in [4.69, 9.17) is 0 Å². The van der Waals surface area contributed by atoms with Crippen LogP contribution >= 0.6 is 0 Å². The third kappa shape index (κ3) is 4.48. The van der Waals surface area contributed by atoms with Gasteiger partial charge in [0.05, 0.1) is 17.0 Å². The van der Waals surface area contributed by atoms with Crippen LogP contribution in [-0.4, -0.2) is 31.4 Å². The molecule has 1 saturated carbocycles. The Labute approximate surface area is 116 Å². The van der Waals surface area contributed by atoms with Crippen LogP contribution in [0.4, 0.5) is 0 Å². The van der Waals surface area contributed by atoms with E-state index in [1.807, 2.05) is 6.92 Å². The van der Waals surface area contributed by atoms with Gasteiger partial charge in [0.2, 0.25) is 5.91 Å². The standard InChI is InChI=1S/C14H25NO3S/c1-14(9-10-19(17,18)11-14)15-13(16)8-7-12-5-3-2-4-6-12/h12H,2-11H2,1H3,(H,15,16). The van der Waals surface area contributed by atoms with E-state index in [1.165, 1.54) is 32.1 Å². The summed E-state index contributed by atoms with van der Waals surface area (Å²) < 4.78 is 23.0. The molecule has 1 atom stereocenters. The molecule has 0 bridgehead atoms. The summed E-state index contributed by atoms with van der Waals surface area (Å²) in [5.74, 6) is 1.01. The Kier molecular flexibility index (Phi) is 4.54. The van der Waals surface area contributed by atoms with Crippen LogP contribution in [-0.2, 0) is 14.6 Å². The zero-order valence-corrected chi connectivity index (χ0v) is 12.6. The fraction of sp³-hybridized carbons (Fsp3) is 0.929. The molecule has 1 aliphatic carbocycles. The van der Waals surface area contributed by atoms with Crippen LogP contribution in [0.25, 0.3) is 0 Å². The van der Waals surface area contributed by atoms with Crippen LogP contribution in [0.15, 0.2) is 0 Å². The van der Waals surface area contributed by atoms with Gasteiger partial charge in [0, 0.05) is 6.42 Å². The van der Waals surface area contributed by atoms with E-state index in [0.717, 1.165) is 6.42 Å². The number of amides is 1. The Bertz CT molecular complexity index is 426. The first kappa shape index (κ1) is 14.8. The van der Waals surface area contributed by atoms with Gasteiger partial charge in [0.1, 0.15) is 0 Å². The lowest BCUT2D eigenvalue weighted by molar-refractivity contribution is -0.122. The van der Waals surface area contributed by atoms with Gasteiger partial charge >= 0.3 is 0 Å². The van der Waals surface area contributed by atoms with Gasteiger partial charge in [0.25, 0.3) is 0 Å². The van der Waals surface area contributed by atoms with E-state index < -0.39 is 15.4 Å². The summed E-state index contributed by atoms with van der Waals surface area (Å²) in [7, 11) is -2.95. The maximum atomic E-state index is 12.0. The quantitative estimate of drug-likeness (QED) is 0.860. The van der Waals surface area contributed by atoms with Crippen molar-refractivity contribution < 1.29 is 13.2 Å². The van der Waals surface area contributed by atoms with Crippen LogP contribution in [0.2, 0.25) is 0 Å². The summed E-state index contributed by atoms with van der Waals surface area (Å²) in [4.78, 5) is 12.0. The Morgan fingerprint density at radius 3 is 2.53 bits per heavy atom. The van der Waals surface area contributed by atoms with Crippen LogP contribution in [0.5, 0.6) is 0 Å². The SMILES string of the molecule is CC1(NC(=O)CCC2CCCCC2)CCS(=O)(=O)C1. The fourth-order valence-electron chi connectivity index (χ4n) is 3.32. The maximum absolute atomic E-state index is 12.0. The first-order valence-corrected chi connectivity index (χ1v) is 9.22. The average molecular weight is 287 g/mol. The Hall–Kier alpha value is -0.580. The number of carbonyl (C=O) groups is 1. The van der Waals surface area contributed by atoms with Crippen molar-refractivity contribution in [2.24, 2.45) is 5.92 Å². The fourth-order valence-corrected chi connectivity index (χ4v) is 5.41. The van der Waals surface area contributed by atoms with Crippen molar-refractivity contribution in [1.82, 2.24) is 5.32 Å². The molecule has 1 heterocycles. The minimum Gasteiger partial charge on any atom is -0.350 e. The molecule has 5 heteroatoms. The number of hydrogen-bond donors (Lipinski definition) is 1. The maximum Gasteiger partial charge on any atom is 0.220 e.